The standard InChI is InChI=1S/C23H20N4O3/c28-20(13-21(29)23-25-15-26-27-23)19-14-30-22(12-17-8-10-24-11-9-17)18(19)7-6-16-4-2-1-3-5-16/h1-5,8-11,13-15,28H,6-7,12H2,(H,25,26,27). The Morgan fingerprint density at radius 3 is 2.60 bits per heavy atom. The number of pyridine rings is 1. The van der Waals surface area contributed by atoms with Crippen LogP contribution < -0.4 is 0 Å². The number of aryl methyl sites for hydroxylation is 1. The minimum Gasteiger partial charge on any atom is -0.507 e. The topological polar surface area (TPSA) is 105 Å². The van der Waals surface area contributed by atoms with Gasteiger partial charge in [-0.15, -0.1) is 0 Å². The molecule has 0 spiro atoms. The van der Waals surface area contributed by atoms with E-state index >= 15 is 0 Å². The van der Waals surface area contributed by atoms with Crippen molar-refractivity contribution in [1.82, 2.24) is 20.2 Å². The zero-order valence-electron chi connectivity index (χ0n) is 16.2. The second kappa shape index (κ2) is 9.00. The molecule has 0 unspecified atom stereocenters. The van der Waals surface area contributed by atoms with Crippen molar-refractivity contribution in [1.29, 1.82) is 0 Å². The van der Waals surface area contributed by atoms with Crippen LogP contribution >= 0.6 is 0 Å². The number of rotatable bonds is 8. The van der Waals surface area contributed by atoms with E-state index in [1.54, 1.807) is 12.4 Å². The molecule has 3 aromatic heterocycles. The van der Waals surface area contributed by atoms with Crippen molar-refractivity contribution < 1.29 is 14.3 Å². The number of furan rings is 1. The molecule has 4 rings (SSSR count). The summed E-state index contributed by atoms with van der Waals surface area (Å²) in [6.07, 6.45) is 9.34. The number of aliphatic hydroxyl groups excluding tert-OH is 1. The Morgan fingerprint density at radius 1 is 1.07 bits per heavy atom. The van der Waals surface area contributed by atoms with Gasteiger partial charge >= 0.3 is 0 Å². The molecule has 0 saturated heterocycles. The lowest BCUT2D eigenvalue weighted by Gasteiger charge is -2.07. The minimum absolute atomic E-state index is 0.0629. The number of nitrogens with one attached hydrogen (secondary N) is 1. The second-order valence-electron chi connectivity index (χ2n) is 6.80. The van der Waals surface area contributed by atoms with Crippen LogP contribution in [0.5, 0.6) is 0 Å². The molecule has 150 valence electrons. The van der Waals surface area contributed by atoms with Gasteiger partial charge in [0.2, 0.25) is 5.78 Å². The molecule has 7 nitrogen and oxygen atoms in total. The van der Waals surface area contributed by atoms with Gasteiger partial charge in [-0.1, -0.05) is 30.3 Å². The van der Waals surface area contributed by atoms with E-state index in [0.717, 1.165) is 29.4 Å². The molecule has 0 bridgehead atoms. The first-order valence-corrected chi connectivity index (χ1v) is 9.53. The third-order valence-corrected chi connectivity index (χ3v) is 4.79. The van der Waals surface area contributed by atoms with E-state index in [-0.39, 0.29) is 11.6 Å². The van der Waals surface area contributed by atoms with E-state index in [4.69, 9.17) is 4.42 Å². The monoisotopic (exact) mass is 400 g/mol. The van der Waals surface area contributed by atoms with Gasteiger partial charge in [0.1, 0.15) is 24.1 Å². The maximum absolute atomic E-state index is 12.3. The quantitative estimate of drug-likeness (QED) is 0.264. The van der Waals surface area contributed by atoms with Crippen molar-refractivity contribution in [3.05, 3.63) is 107 Å². The average Bonchev–Trinajstić information content (AvgIpc) is 3.44. The van der Waals surface area contributed by atoms with Crippen molar-refractivity contribution in [2.75, 3.05) is 0 Å². The molecule has 0 aliphatic carbocycles. The van der Waals surface area contributed by atoms with Crippen LogP contribution in [-0.4, -0.2) is 31.1 Å². The SMILES string of the molecule is O=C(C=C(O)c1coc(Cc2ccncc2)c1CCc1ccccc1)c1ncn[nH]1. The molecule has 0 aliphatic heterocycles. The van der Waals surface area contributed by atoms with E-state index < -0.39 is 5.78 Å². The lowest BCUT2D eigenvalue weighted by atomic mass is 9.97. The molecule has 0 saturated carbocycles. The average molecular weight is 400 g/mol. The summed E-state index contributed by atoms with van der Waals surface area (Å²) in [5, 5.41) is 16.8. The van der Waals surface area contributed by atoms with Crippen molar-refractivity contribution in [2.45, 2.75) is 19.3 Å². The van der Waals surface area contributed by atoms with Crippen LogP contribution in [-0.2, 0) is 19.3 Å². The number of carbonyl (C=O) groups is 1. The molecule has 1 aromatic carbocycles. The van der Waals surface area contributed by atoms with Crippen molar-refractivity contribution >= 4 is 11.5 Å². The molecule has 4 aromatic rings. The van der Waals surface area contributed by atoms with Crippen LogP contribution in [0.15, 0.2) is 77.9 Å². The smallest absolute Gasteiger partial charge is 0.226 e. The minimum atomic E-state index is -0.462. The Bertz CT molecular complexity index is 1130. The molecular weight excluding hydrogens is 380 g/mol. The second-order valence-corrected chi connectivity index (χ2v) is 6.80. The van der Waals surface area contributed by atoms with Crippen LogP contribution in [0.1, 0.15) is 38.6 Å². The number of nitrogens with zero attached hydrogens (tertiary/aromatic N) is 3. The highest BCUT2D eigenvalue weighted by atomic mass is 16.3. The van der Waals surface area contributed by atoms with Crippen LogP contribution in [0.4, 0.5) is 0 Å². The van der Waals surface area contributed by atoms with E-state index in [1.807, 2.05) is 30.3 Å². The van der Waals surface area contributed by atoms with Gasteiger partial charge in [-0.2, -0.15) is 5.10 Å². The summed E-state index contributed by atoms with van der Waals surface area (Å²) in [6.45, 7) is 0. The molecule has 0 atom stereocenters. The van der Waals surface area contributed by atoms with Gasteiger partial charge in [-0.25, -0.2) is 4.98 Å². The summed E-state index contributed by atoms with van der Waals surface area (Å²) < 4.78 is 5.81. The Labute approximate surface area is 173 Å². The third-order valence-electron chi connectivity index (χ3n) is 4.79. The number of aromatic nitrogens is 4. The molecule has 0 amide bonds. The van der Waals surface area contributed by atoms with Gasteiger partial charge in [0.25, 0.3) is 0 Å². The predicted molar refractivity (Wildman–Crippen MR) is 111 cm³/mol. The van der Waals surface area contributed by atoms with Crippen LogP contribution in [0.25, 0.3) is 5.76 Å². The first-order valence-electron chi connectivity index (χ1n) is 9.53. The molecule has 7 heteroatoms. The molecule has 2 N–H and O–H groups in total. The summed E-state index contributed by atoms with van der Waals surface area (Å²) >= 11 is 0. The third kappa shape index (κ3) is 4.52. The van der Waals surface area contributed by atoms with E-state index in [2.05, 4.69) is 32.3 Å². The summed E-state index contributed by atoms with van der Waals surface area (Å²) in [4.78, 5) is 20.1. The Balaban J connectivity index is 1.64. The maximum atomic E-state index is 12.3. The molecule has 30 heavy (non-hydrogen) atoms. The molecule has 0 radical (unpaired) electrons. The Kier molecular flexibility index (Phi) is 5.80. The molecular formula is C23H20N4O3. The van der Waals surface area contributed by atoms with Crippen LogP contribution in [0, 0.1) is 0 Å². The number of carbonyl (C=O) groups excluding carboxylic acids is 1. The van der Waals surface area contributed by atoms with Gasteiger partial charge in [-0.3, -0.25) is 14.9 Å². The summed E-state index contributed by atoms with van der Waals surface area (Å²) in [6, 6.07) is 13.9. The lowest BCUT2D eigenvalue weighted by molar-refractivity contribution is 0.103. The highest BCUT2D eigenvalue weighted by Gasteiger charge is 2.19. The summed E-state index contributed by atoms with van der Waals surface area (Å²) in [5.74, 6) is 0.187. The van der Waals surface area contributed by atoms with Gasteiger partial charge < -0.3 is 9.52 Å². The number of benzene rings is 1. The van der Waals surface area contributed by atoms with Crippen molar-refractivity contribution in [3.63, 3.8) is 0 Å². The normalized spacial score (nSPS) is 11.5. The highest BCUT2D eigenvalue weighted by molar-refractivity contribution is 6.05. The fourth-order valence-corrected chi connectivity index (χ4v) is 3.25. The van der Waals surface area contributed by atoms with Gasteiger partial charge in [0.05, 0.1) is 5.56 Å². The zero-order valence-corrected chi connectivity index (χ0v) is 16.2. The van der Waals surface area contributed by atoms with Crippen LogP contribution in [0.2, 0.25) is 0 Å². The van der Waals surface area contributed by atoms with Gasteiger partial charge in [0.15, 0.2) is 5.82 Å². The Morgan fingerprint density at radius 2 is 1.87 bits per heavy atom. The number of ketones is 1. The van der Waals surface area contributed by atoms with E-state index in [0.29, 0.717) is 18.4 Å². The van der Waals surface area contributed by atoms with Crippen molar-refractivity contribution in [3.8, 4) is 0 Å². The Hall–Kier alpha value is -4.00. The van der Waals surface area contributed by atoms with Crippen LogP contribution in [0.3, 0.4) is 0 Å². The number of aliphatic hydroxyl groups is 1. The predicted octanol–water partition coefficient (Wildman–Crippen LogP) is 3.95. The summed E-state index contributed by atoms with van der Waals surface area (Å²) in [5.41, 5.74) is 3.60. The molecule has 3 heterocycles. The van der Waals surface area contributed by atoms with Gasteiger partial charge in [-0.05, 0) is 36.1 Å². The number of aromatic amines is 1. The number of hydrogen-bond acceptors (Lipinski definition) is 6. The molecule has 0 aliphatic rings. The maximum Gasteiger partial charge on any atom is 0.226 e. The lowest BCUT2D eigenvalue weighted by Crippen LogP contribution is -2.02. The number of H-pyrrole nitrogens is 1. The molecule has 0 fully saturated rings. The first kappa shape index (κ1) is 19.3. The number of hydrogen-bond donors (Lipinski definition) is 2. The van der Waals surface area contributed by atoms with Crippen molar-refractivity contribution in [2.24, 2.45) is 0 Å². The van der Waals surface area contributed by atoms with E-state index in [1.165, 1.54) is 18.2 Å². The van der Waals surface area contributed by atoms with Gasteiger partial charge in [0, 0.05) is 30.5 Å². The fraction of sp³-hybridized carbons (Fsp3) is 0.130. The zero-order chi connectivity index (χ0) is 20.8. The van der Waals surface area contributed by atoms with E-state index in [9.17, 15) is 9.90 Å². The largest absolute Gasteiger partial charge is 0.507 e. The first-order chi connectivity index (χ1) is 14.7. The number of allylic oxidation sites excluding steroid dienone is 1. The summed E-state index contributed by atoms with van der Waals surface area (Å²) in [7, 11) is 0. The highest BCUT2D eigenvalue weighted by Crippen LogP contribution is 2.27. The fourth-order valence-electron chi connectivity index (χ4n) is 3.25.